The maximum atomic E-state index is 12.8. The van der Waals surface area contributed by atoms with Gasteiger partial charge in [-0.15, -0.1) is 0 Å². The molecule has 136 valence electrons. The molecule has 2 fully saturated rings. The molecule has 0 unspecified atom stereocenters. The number of rotatable bonds is 5. The van der Waals surface area contributed by atoms with Crippen molar-refractivity contribution >= 4 is 11.8 Å². The first-order valence-electron chi connectivity index (χ1n) is 8.88. The van der Waals surface area contributed by atoms with E-state index in [1.807, 2.05) is 24.3 Å². The standard InChI is InChI=1S/C19H21N3O4/c1-25-14-5-2-4-12(10-14)17-11-15(21-26-17)19(24)22-9-3-6-16(22)18(23)20-13-7-8-13/h2,4-5,10-11,13,16H,3,6-9H2,1H3,(H,20,23)/t16-/m0/s1. The van der Waals surface area contributed by atoms with Gasteiger partial charge in [-0.05, 0) is 37.8 Å². The number of hydrogen-bond donors (Lipinski definition) is 1. The third-order valence-corrected chi connectivity index (χ3v) is 4.82. The summed E-state index contributed by atoms with van der Waals surface area (Å²) < 4.78 is 10.6. The van der Waals surface area contributed by atoms with Gasteiger partial charge in [-0.25, -0.2) is 0 Å². The molecule has 1 aromatic heterocycles. The van der Waals surface area contributed by atoms with Gasteiger partial charge in [0, 0.05) is 24.2 Å². The van der Waals surface area contributed by atoms with Crippen LogP contribution in [0.15, 0.2) is 34.9 Å². The van der Waals surface area contributed by atoms with E-state index in [1.54, 1.807) is 18.1 Å². The Kier molecular flexibility index (Phi) is 4.36. The van der Waals surface area contributed by atoms with Gasteiger partial charge < -0.3 is 19.5 Å². The zero-order chi connectivity index (χ0) is 18.1. The van der Waals surface area contributed by atoms with E-state index in [1.165, 1.54) is 0 Å². The van der Waals surface area contributed by atoms with Crippen molar-refractivity contribution in [2.75, 3.05) is 13.7 Å². The third kappa shape index (κ3) is 3.29. The molecular weight excluding hydrogens is 334 g/mol. The summed E-state index contributed by atoms with van der Waals surface area (Å²) in [7, 11) is 1.59. The molecule has 1 aliphatic carbocycles. The Hall–Kier alpha value is -2.83. The second-order valence-corrected chi connectivity index (χ2v) is 6.75. The van der Waals surface area contributed by atoms with Gasteiger partial charge in [0.2, 0.25) is 5.91 Å². The number of benzene rings is 1. The van der Waals surface area contributed by atoms with Crippen molar-refractivity contribution in [2.45, 2.75) is 37.8 Å². The minimum Gasteiger partial charge on any atom is -0.497 e. The van der Waals surface area contributed by atoms with Gasteiger partial charge >= 0.3 is 0 Å². The van der Waals surface area contributed by atoms with E-state index in [0.29, 0.717) is 24.5 Å². The predicted molar refractivity (Wildman–Crippen MR) is 93.7 cm³/mol. The fourth-order valence-electron chi connectivity index (χ4n) is 3.24. The molecule has 2 aromatic rings. The topological polar surface area (TPSA) is 84.7 Å². The highest BCUT2D eigenvalue weighted by Gasteiger charge is 2.37. The second kappa shape index (κ2) is 6.82. The maximum absolute atomic E-state index is 12.8. The number of nitrogens with one attached hydrogen (secondary N) is 1. The molecule has 2 aliphatic rings. The summed E-state index contributed by atoms with van der Waals surface area (Å²) >= 11 is 0. The van der Waals surface area contributed by atoms with Crippen LogP contribution in [0.25, 0.3) is 11.3 Å². The summed E-state index contributed by atoms with van der Waals surface area (Å²) in [5.41, 5.74) is 0.995. The van der Waals surface area contributed by atoms with Crippen molar-refractivity contribution in [1.82, 2.24) is 15.4 Å². The number of likely N-dealkylation sites (tertiary alicyclic amines) is 1. The number of hydrogen-bond acceptors (Lipinski definition) is 5. The SMILES string of the molecule is COc1cccc(-c2cc(C(=O)N3CCC[C@H]3C(=O)NC3CC3)no2)c1. The first-order valence-corrected chi connectivity index (χ1v) is 8.88. The van der Waals surface area contributed by atoms with E-state index in [4.69, 9.17) is 9.26 Å². The van der Waals surface area contributed by atoms with Crippen molar-refractivity contribution in [2.24, 2.45) is 0 Å². The molecule has 1 saturated carbocycles. The summed E-state index contributed by atoms with van der Waals surface area (Å²) in [6.45, 7) is 0.558. The Labute approximate surface area is 151 Å². The highest BCUT2D eigenvalue weighted by molar-refractivity contribution is 5.97. The average Bonchev–Trinajstić information content (AvgIpc) is 3.16. The third-order valence-electron chi connectivity index (χ3n) is 4.82. The molecule has 2 heterocycles. The van der Waals surface area contributed by atoms with Gasteiger partial charge in [0.25, 0.3) is 5.91 Å². The highest BCUT2D eigenvalue weighted by Crippen LogP contribution is 2.27. The Bertz CT molecular complexity index is 828. The monoisotopic (exact) mass is 355 g/mol. The number of nitrogens with zero attached hydrogens (tertiary/aromatic N) is 2. The molecule has 1 N–H and O–H groups in total. The molecule has 1 saturated heterocycles. The lowest BCUT2D eigenvalue weighted by atomic mass is 10.1. The summed E-state index contributed by atoms with van der Waals surface area (Å²) in [5, 5.41) is 6.91. The molecular formula is C19H21N3O4. The number of carbonyl (C=O) groups is 2. The van der Waals surface area contributed by atoms with Crippen molar-refractivity contribution in [3.8, 4) is 17.1 Å². The van der Waals surface area contributed by atoms with Gasteiger partial charge in [-0.3, -0.25) is 9.59 Å². The van der Waals surface area contributed by atoms with Crippen molar-refractivity contribution in [1.29, 1.82) is 0 Å². The van der Waals surface area contributed by atoms with Crippen LogP contribution in [0.4, 0.5) is 0 Å². The molecule has 0 bridgehead atoms. The van der Waals surface area contributed by atoms with E-state index in [0.717, 1.165) is 24.8 Å². The van der Waals surface area contributed by atoms with Gasteiger partial charge in [0.15, 0.2) is 11.5 Å². The summed E-state index contributed by atoms with van der Waals surface area (Å²) in [6.07, 6.45) is 3.55. The van der Waals surface area contributed by atoms with Crippen LogP contribution in [0.5, 0.6) is 5.75 Å². The van der Waals surface area contributed by atoms with Gasteiger partial charge in [0.05, 0.1) is 7.11 Å². The first kappa shape index (κ1) is 16.6. The van der Waals surface area contributed by atoms with Crippen LogP contribution in [0, 0.1) is 0 Å². The molecule has 26 heavy (non-hydrogen) atoms. The Morgan fingerprint density at radius 1 is 1.27 bits per heavy atom. The van der Waals surface area contributed by atoms with Gasteiger partial charge in [0.1, 0.15) is 11.8 Å². The fraction of sp³-hybridized carbons (Fsp3) is 0.421. The molecule has 1 aromatic carbocycles. The lowest BCUT2D eigenvalue weighted by molar-refractivity contribution is -0.125. The Morgan fingerprint density at radius 2 is 2.12 bits per heavy atom. The lowest BCUT2D eigenvalue weighted by Crippen LogP contribution is -2.46. The average molecular weight is 355 g/mol. The first-order chi connectivity index (χ1) is 12.7. The molecule has 0 radical (unpaired) electrons. The Balaban J connectivity index is 1.50. The van der Waals surface area contributed by atoms with E-state index in [-0.39, 0.29) is 23.6 Å². The van der Waals surface area contributed by atoms with Crippen molar-refractivity contribution in [3.63, 3.8) is 0 Å². The number of ether oxygens (including phenoxy) is 1. The lowest BCUT2D eigenvalue weighted by Gasteiger charge is -2.22. The van der Waals surface area contributed by atoms with Gasteiger partial charge in [-0.2, -0.15) is 0 Å². The van der Waals surface area contributed by atoms with E-state index < -0.39 is 6.04 Å². The summed E-state index contributed by atoms with van der Waals surface area (Å²) in [4.78, 5) is 26.8. The largest absolute Gasteiger partial charge is 0.497 e. The molecule has 1 aliphatic heterocycles. The molecule has 0 spiro atoms. The minimum absolute atomic E-state index is 0.0603. The van der Waals surface area contributed by atoms with Crippen LogP contribution in [-0.4, -0.2) is 47.6 Å². The van der Waals surface area contributed by atoms with E-state index in [2.05, 4.69) is 10.5 Å². The molecule has 2 amide bonds. The van der Waals surface area contributed by atoms with Gasteiger partial charge in [-0.1, -0.05) is 17.3 Å². The smallest absolute Gasteiger partial charge is 0.276 e. The van der Waals surface area contributed by atoms with E-state index >= 15 is 0 Å². The van der Waals surface area contributed by atoms with Crippen LogP contribution in [0.3, 0.4) is 0 Å². The fourth-order valence-corrected chi connectivity index (χ4v) is 3.24. The number of carbonyl (C=O) groups excluding carboxylic acids is 2. The maximum Gasteiger partial charge on any atom is 0.276 e. The number of aromatic nitrogens is 1. The van der Waals surface area contributed by atoms with Crippen LogP contribution in [-0.2, 0) is 4.79 Å². The number of amides is 2. The minimum atomic E-state index is -0.417. The highest BCUT2D eigenvalue weighted by atomic mass is 16.5. The summed E-state index contributed by atoms with van der Waals surface area (Å²) in [6, 6.07) is 8.84. The normalized spacial score (nSPS) is 19.4. The van der Waals surface area contributed by atoms with Crippen molar-refractivity contribution < 1.29 is 18.8 Å². The zero-order valence-electron chi connectivity index (χ0n) is 14.6. The quantitative estimate of drug-likeness (QED) is 0.889. The second-order valence-electron chi connectivity index (χ2n) is 6.75. The van der Waals surface area contributed by atoms with E-state index in [9.17, 15) is 9.59 Å². The van der Waals surface area contributed by atoms with Crippen LogP contribution < -0.4 is 10.1 Å². The molecule has 1 atom stereocenters. The Morgan fingerprint density at radius 3 is 2.88 bits per heavy atom. The van der Waals surface area contributed by atoms with Crippen molar-refractivity contribution in [3.05, 3.63) is 36.0 Å². The predicted octanol–water partition coefficient (Wildman–Crippen LogP) is 2.23. The number of methoxy groups -OCH3 is 1. The van der Waals surface area contributed by atoms with Crippen LogP contribution in [0.1, 0.15) is 36.2 Å². The molecule has 7 heteroatoms. The molecule has 4 rings (SSSR count). The van der Waals surface area contributed by atoms with Crippen LogP contribution >= 0.6 is 0 Å². The zero-order valence-corrected chi connectivity index (χ0v) is 14.6. The van der Waals surface area contributed by atoms with Crippen LogP contribution in [0.2, 0.25) is 0 Å². The summed E-state index contributed by atoms with van der Waals surface area (Å²) in [5.74, 6) is 0.861. The molecule has 7 nitrogen and oxygen atoms in total.